The van der Waals surface area contributed by atoms with Gasteiger partial charge in [0.15, 0.2) is 0 Å². The summed E-state index contributed by atoms with van der Waals surface area (Å²) in [6, 6.07) is 0. The Labute approximate surface area is 75.2 Å². The van der Waals surface area contributed by atoms with Crippen molar-refractivity contribution in [3.8, 4) is 0 Å². The lowest BCUT2D eigenvalue weighted by Gasteiger charge is -2.38. The van der Waals surface area contributed by atoms with Crippen LogP contribution in [0.2, 0.25) is 0 Å². The first kappa shape index (κ1) is 8.66. The number of carbonyl (C=O) groups excluding carboxylic acids is 1. The van der Waals surface area contributed by atoms with E-state index in [1.54, 1.807) is 0 Å². The zero-order valence-corrected chi connectivity index (χ0v) is 7.22. The van der Waals surface area contributed by atoms with Crippen molar-refractivity contribution in [3.05, 3.63) is 11.6 Å². The average Bonchev–Trinajstić information content (AvgIpc) is 2.50. The maximum absolute atomic E-state index is 12.4. The zero-order valence-electron chi connectivity index (χ0n) is 7.22. The summed E-state index contributed by atoms with van der Waals surface area (Å²) in [4.78, 5) is 12.7. The molecule has 2 rings (SSSR count). The van der Waals surface area contributed by atoms with E-state index < -0.39 is 19.0 Å². The number of amides is 1. The molecule has 0 spiro atoms. The molecule has 0 bridgehead atoms. The number of allylic oxidation sites excluding steroid dienone is 1. The van der Waals surface area contributed by atoms with Gasteiger partial charge in [-0.25, -0.2) is 8.78 Å². The fourth-order valence-corrected chi connectivity index (χ4v) is 1.72. The number of likely N-dealkylation sites (tertiary alicyclic amines) is 1. The first-order valence-corrected chi connectivity index (χ1v) is 4.45. The maximum atomic E-state index is 12.4. The van der Waals surface area contributed by atoms with Crippen LogP contribution in [0.4, 0.5) is 8.78 Å². The molecule has 0 unspecified atom stereocenters. The molecule has 1 fully saturated rings. The van der Waals surface area contributed by atoms with Crippen LogP contribution >= 0.6 is 0 Å². The van der Waals surface area contributed by atoms with Gasteiger partial charge >= 0.3 is 0 Å². The second-order valence-electron chi connectivity index (χ2n) is 3.64. The quantitative estimate of drug-likeness (QED) is 0.610. The normalized spacial score (nSPS) is 25.4. The Bertz CT molecular complexity index is 265. The molecule has 4 heteroatoms. The molecular formula is C9H11F2NO. The molecule has 0 aromatic carbocycles. The van der Waals surface area contributed by atoms with Gasteiger partial charge in [0, 0.05) is 5.57 Å². The van der Waals surface area contributed by atoms with E-state index in [0.717, 1.165) is 24.8 Å². The van der Waals surface area contributed by atoms with Crippen LogP contribution in [0, 0.1) is 0 Å². The van der Waals surface area contributed by atoms with Gasteiger partial charge in [-0.2, -0.15) is 0 Å². The van der Waals surface area contributed by atoms with Gasteiger partial charge in [-0.15, -0.1) is 0 Å². The summed E-state index contributed by atoms with van der Waals surface area (Å²) in [7, 11) is 0. The van der Waals surface area contributed by atoms with Gasteiger partial charge in [0.25, 0.3) is 5.92 Å². The zero-order chi connectivity index (χ0) is 9.47. The molecule has 1 amide bonds. The highest BCUT2D eigenvalue weighted by Gasteiger charge is 2.46. The van der Waals surface area contributed by atoms with Gasteiger partial charge in [0.1, 0.15) is 0 Å². The van der Waals surface area contributed by atoms with Crippen LogP contribution < -0.4 is 0 Å². The van der Waals surface area contributed by atoms with E-state index >= 15 is 0 Å². The number of rotatable bonds is 1. The van der Waals surface area contributed by atoms with Gasteiger partial charge in [0.2, 0.25) is 5.91 Å². The Morgan fingerprint density at radius 3 is 2.62 bits per heavy atom. The highest BCUT2D eigenvalue weighted by Crippen LogP contribution is 2.30. The summed E-state index contributed by atoms with van der Waals surface area (Å²) in [6.45, 7) is -0.799. The lowest BCUT2D eigenvalue weighted by atomic mass is 10.1. The topological polar surface area (TPSA) is 20.3 Å². The summed E-state index contributed by atoms with van der Waals surface area (Å²) < 4.78 is 24.8. The molecule has 1 aliphatic carbocycles. The minimum Gasteiger partial charge on any atom is -0.327 e. The SMILES string of the molecule is O=C(C1=CCCC1)N1CC(F)(F)C1. The highest BCUT2D eigenvalue weighted by atomic mass is 19.3. The minimum absolute atomic E-state index is 0.191. The number of nitrogens with zero attached hydrogens (tertiary/aromatic N) is 1. The summed E-state index contributed by atoms with van der Waals surface area (Å²) in [6.07, 6.45) is 4.50. The van der Waals surface area contributed by atoms with E-state index in [9.17, 15) is 13.6 Å². The fourth-order valence-electron chi connectivity index (χ4n) is 1.72. The Hall–Kier alpha value is -0.930. The van der Waals surface area contributed by atoms with Gasteiger partial charge in [-0.3, -0.25) is 4.79 Å². The predicted octanol–water partition coefficient (Wildman–Crippen LogP) is 1.57. The van der Waals surface area contributed by atoms with Crippen LogP contribution in [0.25, 0.3) is 0 Å². The Balaban J connectivity index is 1.93. The Morgan fingerprint density at radius 1 is 1.46 bits per heavy atom. The molecular weight excluding hydrogens is 176 g/mol. The van der Waals surface area contributed by atoms with Crippen LogP contribution in [0.1, 0.15) is 19.3 Å². The van der Waals surface area contributed by atoms with E-state index in [1.807, 2.05) is 6.08 Å². The standard InChI is InChI=1S/C9H11F2NO/c10-9(11)5-12(6-9)8(13)7-3-1-2-4-7/h3H,1-2,4-6H2. The summed E-state index contributed by atoms with van der Waals surface area (Å²) >= 11 is 0. The number of carbonyl (C=O) groups is 1. The highest BCUT2D eigenvalue weighted by molar-refractivity contribution is 5.94. The van der Waals surface area contributed by atoms with Crippen LogP contribution in [0.3, 0.4) is 0 Å². The molecule has 0 saturated carbocycles. The van der Waals surface area contributed by atoms with E-state index in [0.29, 0.717) is 0 Å². The van der Waals surface area contributed by atoms with Crippen molar-refractivity contribution in [3.63, 3.8) is 0 Å². The molecule has 2 aliphatic rings. The van der Waals surface area contributed by atoms with E-state index in [1.165, 1.54) is 4.90 Å². The number of hydrogen-bond acceptors (Lipinski definition) is 1. The first-order chi connectivity index (χ1) is 6.08. The third kappa shape index (κ3) is 1.57. The maximum Gasteiger partial charge on any atom is 0.282 e. The van der Waals surface area contributed by atoms with Crippen LogP contribution in [0.15, 0.2) is 11.6 Å². The predicted molar refractivity (Wildman–Crippen MR) is 43.5 cm³/mol. The Kier molecular flexibility index (Phi) is 1.86. The Morgan fingerprint density at radius 2 is 2.15 bits per heavy atom. The van der Waals surface area contributed by atoms with E-state index in [4.69, 9.17) is 0 Å². The molecule has 1 heterocycles. The molecule has 13 heavy (non-hydrogen) atoms. The van der Waals surface area contributed by atoms with E-state index in [-0.39, 0.29) is 5.91 Å². The molecule has 0 radical (unpaired) electrons. The third-order valence-electron chi connectivity index (χ3n) is 2.45. The number of alkyl halides is 2. The van der Waals surface area contributed by atoms with Crippen molar-refractivity contribution in [1.82, 2.24) is 4.90 Å². The van der Waals surface area contributed by atoms with Crippen LogP contribution in [0.5, 0.6) is 0 Å². The molecule has 2 nitrogen and oxygen atoms in total. The second-order valence-corrected chi connectivity index (χ2v) is 3.64. The molecule has 0 aromatic rings. The van der Waals surface area contributed by atoms with Gasteiger partial charge < -0.3 is 4.90 Å². The molecule has 72 valence electrons. The largest absolute Gasteiger partial charge is 0.327 e. The van der Waals surface area contributed by atoms with Crippen molar-refractivity contribution < 1.29 is 13.6 Å². The van der Waals surface area contributed by atoms with Crippen molar-refractivity contribution >= 4 is 5.91 Å². The van der Waals surface area contributed by atoms with E-state index in [2.05, 4.69) is 0 Å². The summed E-state index contributed by atoms with van der Waals surface area (Å²) in [5, 5.41) is 0. The van der Waals surface area contributed by atoms with Crippen LogP contribution in [-0.4, -0.2) is 29.8 Å². The van der Waals surface area contributed by atoms with Crippen LogP contribution in [-0.2, 0) is 4.79 Å². The molecule has 0 atom stereocenters. The molecule has 0 aromatic heterocycles. The molecule has 0 N–H and O–H groups in total. The first-order valence-electron chi connectivity index (χ1n) is 4.45. The molecule has 1 saturated heterocycles. The van der Waals surface area contributed by atoms with Crippen molar-refractivity contribution in [1.29, 1.82) is 0 Å². The van der Waals surface area contributed by atoms with Crippen molar-refractivity contribution in [2.45, 2.75) is 25.2 Å². The fraction of sp³-hybridized carbons (Fsp3) is 0.667. The van der Waals surface area contributed by atoms with Gasteiger partial charge in [-0.05, 0) is 19.3 Å². The smallest absolute Gasteiger partial charge is 0.282 e. The van der Waals surface area contributed by atoms with Crippen molar-refractivity contribution in [2.75, 3.05) is 13.1 Å². The average molecular weight is 187 g/mol. The third-order valence-corrected chi connectivity index (χ3v) is 2.45. The lowest BCUT2D eigenvalue weighted by Crippen LogP contribution is -2.58. The second kappa shape index (κ2) is 2.79. The minimum atomic E-state index is -2.64. The number of halogens is 2. The van der Waals surface area contributed by atoms with Crippen molar-refractivity contribution in [2.24, 2.45) is 0 Å². The number of hydrogen-bond donors (Lipinski definition) is 0. The monoisotopic (exact) mass is 187 g/mol. The molecule has 1 aliphatic heterocycles. The summed E-state index contributed by atoms with van der Waals surface area (Å²) in [5.41, 5.74) is 0.718. The van der Waals surface area contributed by atoms with Gasteiger partial charge in [-0.1, -0.05) is 6.08 Å². The summed E-state index contributed by atoms with van der Waals surface area (Å²) in [5.74, 6) is -2.84. The van der Waals surface area contributed by atoms with Gasteiger partial charge in [0.05, 0.1) is 13.1 Å². The lowest BCUT2D eigenvalue weighted by molar-refractivity contribution is -0.161.